The maximum atomic E-state index is 12.3. The Kier molecular flexibility index (Phi) is 3.33. The van der Waals surface area contributed by atoms with E-state index in [2.05, 4.69) is 4.74 Å². The lowest BCUT2D eigenvalue weighted by Crippen LogP contribution is -2.22. The molecule has 0 atom stereocenters. The number of carbonyl (C=O) groups excluding carboxylic acids is 1. The molecule has 0 aliphatic heterocycles. The van der Waals surface area contributed by atoms with Gasteiger partial charge in [-0.05, 0) is 12.1 Å². The number of carboxylic acid groups (broad SMARTS) is 1. The highest BCUT2D eigenvalue weighted by Crippen LogP contribution is 2.19. The van der Waals surface area contributed by atoms with E-state index in [1.54, 1.807) is 0 Å². The normalized spacial score (nSPS) is 9.53. The smallest absolute Gasteiger partial charge is 0.344 e. The maximum absolute atomic E-state index is 12.3. The van der Waals surface area contributed by atoms with Gasteiger partial charge in [0.05, 0.1) is 5.97 Å². The van der Waals surface area contributed by atoms with E-state index in [1.165, 1.54) is 6.07 Å². The molecule has 1 aromatic rings. The second-order valence-corrected chi connectivity index (χ2v) is 2.45. The van der Waals surface area contributed by atoms with E-state index in [-0.39, 0.29) is 11.3 Å². The number of halogens is 3. The zero-order valence-electron chi connectivity index (χ0n) is 7.17. The van der Waals surface area contributed by atoms with Crippen LogP contribution in [0, 0.1) is 0 Å². The van der Waals surface area contributed by atoms with Gasteiger partial charge in [0.15, 0.2) is 0 Å². The fourth-order valence-electron chi connectivity index (χ4n) is 0.829. The van der Waals surface area contributed by atoms with Gasteiger partial charge in [-0.3, -0.25) is 0 Å². The van der Waals surface area contributed by atoms with E-state index >= 15 is 0 Å². The summed E-state index contributed by atoms with van der Waals surface area (Å²) in [6.07, 6.45) is -2.62. The standard InChI is InChI=1S/C9H5F3O3/c10-7(11)8(12)15-6-3-1-2-5(4-6)9(13)14/h1-4H,(H,13,14)/p-1. The molecule has 0 bridgehead atoms. The molecule has 0 saturated carbocycles. The monoisotopic (exact) mass is 217 g/mol. The van der Waals surface area contributed by atoms with Gasteiger partial charge in [-0.15, -0.1) is 0 Å². The summed E-state index contributed by atoms with van der Waals surface area (Å²) < 4.78 is 39.6. The lowest BCUT2D eigenvalue weighted by molar-refractivity contribution is -0.255. The van der Waals surface area contributed by atoms with Gasteiger partial charge < -0.3 is 14.6 Å². The van der Waals surface area contributed by atoms with Crippen molar-refractivity contribution in [3.63, 3.8) is 0 Å². The Morgan fingerprint density at radius 3 is 2.47 bits per heavy atom. The Bertz CT molecular complexity index is 411. The molecule has 0 aliphatic rings. The lowest BCUT2D eigenvalue weighted by atomic mass is 10.2. The summed E-state index contributed by atoms with van der Waals surface area (Å²) in [5.74, 6) is -1.85. The number of carbonyl (C=O) groups is 1. The third-order valence-electron chi connectivity index (χ3n) is 1.43. The first-order valence-electron chi connectivity index (χ1n) is 3.70. The van der Waals surface area contributed by atoms with Gasteiger partial charge >= 0.3 is 12.1 Å². The molecule has 15 heavy (non-hydrogen) atoms. The van der Waals surface area contributed by atoms with Gasteiger partial charge in [0.25, 0.3) is 0 Å². The molecule has 0 aromatic heterocycles. The molecule has 1 rings (SSSR count). The van der Waals surface area contributed by atoms with Gasteiger partial charge in [0.2, 0.25) is 0 Å². The van der Waals surface area contributed by atoms with Crippen LogP contribution in [0.25, 0.3) is 0 Å². The molecule has 0 radical (unpaired) electrons. The van der Waals surface area contributed by atoms with E-state index in [1.807, 2.05) is 0 Å². The number of rotatable bonds is 3. The number of aromatic carboxylic acids is 1. The highest BCUT2D eigenvalue weighted by molar-refractivity contribution is 5.86. The van der Waals surface area contributed by atoms with Crippen molar-refractivity contribution in [1.82, 2.24) is 0 Å². The molecule has 0 heterocycles. The summed E-state index contributed by atoms with van der Waals surface area (Å²) in [5.41, 5.74) is -0.292. The Balaban J connectivity index is 2.92. The van der Waals surface area contributed by atoms with Crippen LogP contribution in [0.15, 0.2) is 36.4 Å². The van der Waals surface area contributed by atoms with Crippen LogP contribution in [0.1, 0.15) is 10.4 Å². The van der Waals surface area contributed by atoms with Gasteiger partial charge in [0, 0.05) is 5.56 Å². The molecule has 0 saturated heterocycles. The maximum Gasteiger partial charge on any atom is 0.344 e. The Morgan fingerprint density at radius 1 is 1.27 bits per heavy atom. The zero-order valence-corrected chi connectivity index (χ0v) is 7.17. The van der Waals surface area contributed by atoms with Crippen molar-refractivity contribution in [1.29, 1.82) is 0 Å². The molecule has 3 nitrogen and oxygen atoms in total. The number of carboxylic acids is 1. The second kappa shape index (κ2) is 4.50. The first-order valence-corrected chi connectivity index (χ1v) is 3.70. The molecule has 0 amide bonds. The van der Waals surface area contributed by atoms with Crippen molar-refractivity contribution in [2.45, 2.75) is 0 Å². The minimum atomic E-state index is -2.62. The van der Waals surface area contributed by atoms with E-state index in [4.69, 9.17) is 0 Å². The number of hydrogen-bond donors (Lipinski definition) is 0. The largest absolute Gasteiger partial charge is 0.545 e. The van der Waals surface area contributed by atoms with Crippen molar-refractivity contribution < 1.29 is 27.8 Å². The van der Waals surface area contributed by atoms with E-state index in [0.717, 1.165) is 18.2 Å². The van der Waals surface area contributed by atoms with Crippen LogP contribution in [0.2, 0.25) is 0 Å². The van der Waals surface area contributed by atoms with Crippen LogP contribution in [-0.2, 0) is 0 Å². The molecule has 0 N–H and O–H groups in total. The minimum absolute atomic E-state index is 0.292. The molecule has 80 valence electrons. The highest BCUT2D eigenvalue weighted by atomic mass is 19.3. The Labute approximate surface area is 82.4 Å². The zero-order chi connectivity index (χ0) is 11.4. The van der Waals surface area contributed by atoms with Crippen molar-refractivity contribution in [3.8, 4) is 5.75 Å². The van der Waals surface area contributed by atoms with Crippen LogP contribution in [0.4, 0.5) is 13.2 Å². The summed E-state index contributed by atoms with van der Waals surface area (Å²) >= 11 is 0. The van der Waals surface area contributed by atoms with Crippen molar-refractivity contribution in [2.24, 2.45) is 0 Å². The van der Waals surface area contributed by atoms with E-state index in [9.17, 15) is 23.1 Å². The number of hydrogen-bond acceptors (Lipinski definition) is 3. The predicted octanol–water partition coefficient (Wildman–Crippen LogP) is 1.46. The molecule has 6 heteroatoms. The third-order valence-corrected chi connectivity index (χ3v) is 1.43. The summed E-state index contributed by atoms with van der Waals surface area (Å²) in [6.45, 7) is 0. The first-order chi connectivity index (χ1) is 7.00. The van der Waals surface area contributed by atoms with Gasteiger partial charge in [-0.1, -0.05) is 12.1 Å². The van der Waals surface area contributed by atoms with Crippen LogP contribution in [-0.4, -0.2) is 5.97 Å². The fourth-order valence-corrected chi connectivity index (χ4v) is 0.829. The summed E-state index contributed by atoms with van der Waals surface area (Å²) in [4.78, 5) is 10.4. The summed E-state index contributed by atoms with van der Waals surface area (Å²) in [6, 6.07) is 2.32. The molecule has 1 aromatic carbocycles. The van der Waals surface area contributed by atoms with Crippen molar-refractivity contribution >= 4 is 5.97 Å². The van der Waals surface area contributed by atoms with Crippen LogP contribution in [0.5, 0.6) is 5.75 Å². The second-order valence-electron chi connectivity index (χ2n) is 2.45. The quantitative estimate of drug-likeness (QED) is 0.720. The number of ether oxygens (including phenoxy) is 1. The Hall–Kier alpha value is -1.98. The third kappa shape index (κ3) is 3.01. The first kappa shape index (κ1) is 11.1. The summed E-state index contributed by atoms with van der Waals surface area (Å²) in [5, 5.41) is 10.4. The van der Waals surface area contributed by atoms with Crippen LogP contribution in [0.3, 0.4) is 0 Å². The summed E-state index contributed by atoms with van der Waals surface area (Å²) in [7, 11) is 0. The molecule has 0 unspecified atom stereocenters. The lowest BCUT2D eigenvalue weighted by Gasteiger charge is -2.05. The average molecular weight is 217 g/mol. The molecule has 0 spiro atoms. The van der Waals surface area contributed by atoms with Crippen LogP contribution >= 0.6 is 0 Å². The average Bonchev–Trinajstić information content (AvgIpc) is 2.18. The predicted molar refractivity (Wildman–Crippen MR) is 41.8 cm³/mol. The molecular formula is C9H4F3O3-. The number of benzene rings is 1. The molecular weight excluding hydrogens is 213 g/mol. The SMILES string of the molecule is O=C([O-])c1cccc(OC(F)=C(F)F)c1. The van der Waals surface area contributed by atoms with Crippen molar-refractivity contribution in [2.75, 3.05) is 0 Å². The van der Waals surface area contributed by atoms with Gasteiger partial charge in [-0.2, -0.15) is 13.2 Å². The highest BCUT2D eigenvalue weighted by Gasteiger charge is 2.07. The molecule has 0 fully saturated rings. The van der Waals surface area contributed by atoms with E-state index in [0.29, 0.717) is 0 Å². The van der Waals surface area contributed by atoms with Crippen LogP contribution < -0.4 is 9.84 Å². The molecule has 0 aliphatic carbocycles. The van der Waals surface area contributed by atoms with Gasteiger partial charge in [-0.25, -0.2) is 0 Å². The van der Waals surface area contributed by atoms with Crippen molar-refractivity contribution in [3.05, 3.63) is 41.9 Å². The Morgan fingerprint density at radius 2 is 1.93 bits per heavy atom. The minimum Gasteiger partial charge on any atom is -0.545 e. The topological polar surface area (TPSA) is 49.4 Å². The fraction of sp³-hybridized carbons (Fsp3) is 0. The van der Waals surface area contributed by atoms with Gasteiger partial charge in [0.1, 0.15) is 5.75 Å². The van der Waals surface area contributed by atoms with E-state index < -0.39 is 18.1 Å².